The van der Waals surface area contributed by atoms with Crippen molar-refractivity contribution in [2.75, 3.05) is 0 Å². The van der Waals surface area contributed by atoms with E-state index >= 15 is 0 Å². The van der Waals surface area contributed by atoms with Gasteiger partial charge in [-0.15, -0.1) is 0 Å². The van der Waals surface area contributed by atoms with Crippen molar-refractivity contribution in [1.29, 1.82) is 0 Å². The van der Waals surface area contributed by atoms with Crippen molar-refractivity contribution < 1.29 is 4.79 Å². The molecule has 0 saturated heterocycles. The maximum Gasteiger partial charge on any atom is 0.168 e. The van der Waals surface area contributed by atoms with Crippen LogP contribution in [0.2, 0.25) is 0 Å². The summed E-state index contributed by atoms with van der Waals surface area (Å²) in [6, 6.07) is 0.554. The summed E-state index contributed by atoms with van der Waals surface area (Å²) < 4.78 is 2.01. The lowest BCUT2D eigenvalue weighted by atomic mass is 10.3. The molecule has 3 nitrogen and oxygen atoms in total. The highest BCUT2D eigenvalue weighted by Gasteiger charge is 2.26. The number of aldehydes is 1. The zero-order valence-corrected chi connectivity index (χ0v) is 7.16. The Kier molecular flexibility index (Phi) is 1.71. The topological polar surface area (TPSA) is 34.9 Å². The Morgan fingerprint density at radius 2 is 2.50 bits per heavy atom. The molecule has 0 radical (unpaired) electrons. The Hall–Kier alpha value is -1.12. The SMILES string of the molecule is CCc1ncn(C2CC2)c1C=O. The van der Waals surface area contributed by atoms with E-state index in [4.69, 9.17) is 0 Å². The third-order valence-corrected chi connectivity index (χ3v) is 2.30. The summed E-state index contributed by atoms with van der Waals surface area (Å²) in [5.41, 5.74) is 1.71. The normalized spacial score (nSPS) is 16.4. The first kappa shape index (κ1) is 7.53. The van der Waals surface area contributed by atoms with Gasteiger partial charge in [0.15, 0.2) is 6.29 Å². The molecule has 2 rings (SSSR count). The lowest BCUT2D eigenvalue weighted by Crippen LogP contribution is -1.99. The second-order valence-electron chi connectivity index (χ2n) is 3.19. The van der Waals surface area contributed by atoms with Crippen LogP contribution in [0.15, 0.2) is 6.33 Å². The summed E-state index contributed by atoms with van der Waals surface area (Å²) in [4.78, 5) is 14.9. The van der Waals surface area contributed by atoms with E-state index in [9.17, 15) is 4.79 Å². The first-order chi connectivity index (χ1) is 5.86. The summed E-state index contributed by atoms with van der Waals surface area (Å²) in [6.45, 7) is 2.02. The smallest absolute Gasteiger partial charge is 0.168 e. The minimum atomic E-state index is 0.554. The molecule has 1 aliphatic rings. The summed E-state index contributed by atoms with van der Waals surface area (Å²) in [5.74, 6) is 0. The first-order valence-corrected chi connectivity index (χ1v) is 4.37. The fraction of sp³-hybridized carbons (Fsp3) is 0.556. The second-order valence-corrected chi connectivity index (χ2v) is 3.19. The van der Waals surface area contributed by atoms with Crippen molar-refractivity contribution in [3.05, 3.63) is 17.7 Å². The molecular formula is C9H12N2O. The van der Waals surface area contributed by atoms with Crippen LogP contribution < -0.4 is 0 Å². The number of rotatable bonds is 3. The van der Waals surface area contributed by atoms with Crippen LogP contribution in [-0.2, 0) is 6.42 Å². The van der Waals surface area contributed by atoms with Crippen molar-refractivity contribution in [1.82, 2.24) is 9.55 Å². The first-order valence-electron chi connectivity index (χ1n) is 4.37. The fourth-order valence-electron chi connectivity index (χ4n) is 1.45. The highest BCUT2D eigenvalue weighted by atomic mass is 16.1. The standard InChI is InChI=1S/C9H12N2O/c1-2-8-9(5-12)11(6-10-8)7-3-4-7/h5-7H,2-4H2,1H3. The average molecular weight is 164 g/mol. The maximum absolute atomic E-state index is 10.7. The van der Waals surface area contributed by atoms with Crippen molar-refractivity contribution in [3.8, 4) is 0 Å². The van der Waals surface area contributed by atoms with Gasteiger partial charge in [0.05, 0.1) is 12.0 Å². The summed E-state index contributed by atoms with van der Waals surface area (Å²) >= 11 is 0. The van der Waals surface area contributed by atoms with E-state index < -0.39 is 0 Å². The zero-order valence-electron chi connectivity index (χ0n) is 7.16. The van der Waals surface area contributed by atoms with Crippen LogP contribution in [0.1, 0.15) is 42.0 Å². The third kappa shape index (κ3) is 1.05. The van der Waals surface area contributed by atoms with Crippen LogP contribution >= 0.6 is 0 Å². The number of nitrogens with zero attached hydrogens (tertiary/aromatic N) is 2. The fourth-order valence-corrected chi connectivity index (χ4v) is 1.45. The molecular weight excluding hydrogens is 152 g/mol. The lowest BCUT2D eigenvalue weighted by Gasteiger charge is -2.00. The van der Waals surface area contributed by atoms with Crippen LogP contribution in [0.4, 0.5) is 0 Å². The largest absolute Gasteiger partial charge is 0.325 e. The molecule has 0 unspecified atom stereocenters. The van der Waals surface area contributed by atoms with Gasteiger partial charge < -0.3 is 4.57 Å². The van der Waals surface area contributed by atoms with Crippen LogP contribution in [0.3, 0.4) is 0 Å². The van der Waals surface area contributed by atoms with Crippen molar-refractivity contribution >= 4 is 6.29 Å². The number of carbonyl (C=O) groups excluding carboxylic acids is 1. The molecule has 3 heteroatoms. The van der Waals surface area contributed by atoms with Crippen molar-refractivity contribution in [2.45, 2.75) is 32.2 Å². The van der Waals surface area contributed by atoms with E-state index in [1.807, 2.05) is 11.5 Å². The molecule has 12 heavy (non-hydrogen) atoms. The van der Waals surface area contributed by atoms with Gasteiger partial charge >= 0.3 is 0 Å². The van der Waals surface area contributed by atoms with E-state index in [-0.39, 0.29) is 0 Å². The van der Waals surface area contributed by atoms with Crippen LogP contribution in [0.5, 0.6) is 0 Å². The van der Waals surface area contributed by atoms with E-state index in [0.29, 0.717) is 6.04 Å². The lowest BCUT2D eigenvalue weighted by molar-refractivity contribution is 0.111. The summed E-state index contributed by atoms with van der Waals surface area (Å²) in [6.07, 6.45) is 5.94. The van der Waals surface area contributed by atoms with Crippen LogP contribution in [-0.4, -0.2) is 15.8 Å². The molecule has 0 N–H and O–H groups in total. The number of aromatic nitrogens is 2. The Morgan fingerprint density at radius 3 is 3.00 bits per heavy atom. The van der Waals surface area contributed by atoms with Crippen molar-refractivity contribution in [3.63, 3.8) is 0 Å². The molecule has 0 aromatic carbocycles. The van der Waals surface area contributed by atoms with E-state index in [1.54, 1.807) is 6.33 Å². The van der Waals surface area contributed by atoms with Crippen molar-refractivity contribution in [2.24, 2.45) is 0 Å². The Balaban J connectivity index is 2.39. The third-order valence-electron chi connectivity index (χ3n) is 2.30. The predicted octanol–water partition coefficient (Wildman–Crippen LogP) is 1.59. The van der Waals surface area contributed by atoms with Crippen LogP contribution in [0.25, 0.3) is 0 Å². The summed E-state index contributed by atoms with van der Waals surface area (Å²) in [7, 11) is 0. The number of hydrogen-bond acceptors (Lipinski definition) is 2. The molecule has 1 aromatic rings. The predicted molar refractivity (Wildman–Crippen MR) is 45.3 cm³/mol. The van der Waals surface area contributed by atoms with Gasteiger partial charge in [0.2, 0.25) is 0 Å². The average Bonchev–Trinajstić information content (AvgIpc) is 2.85. The molecule has 0 spiro atoms. The number of imidazole rings is 1. The molecule has 1 fully saturated rings. The van der Waals surface area contributed by atoms with Gasteiger partial charge in [-0.3, -0.25) is 4.79 Å². The zero-order chi connectivity index (χ0) is 8.55. The highest BCUT2D eigenvalue weighted by Crippen LogP contribution is 2.35. The minimum absolute atomic E-state index is 0.554. The Bertz CT molecular complexity index is 299. The van der Waals surface area contributed by atoms with E-state index in [1.165, 1.54) is 12.8 Å². The molecule has 0 bridgehead atoms. The Labute approximate surface area is 71.4 Å². The Morgan fingerprint density at radius 1 is 1.75 bits per heavy atom. The van der Waals surface area contributed by atoms with Gasteiger partial charge in [0.25, 0.3) is 0 Å². The molecule has 1 aromatic heterocycles. The number of carbonyl (C=O) groups is 1. The number of hydrogen-bond donors (Lipinski definition) is 0. The van der Waals surface area contributed by atoms with E-state index in [2.05, 4.69) is 4.98 Å². The molecule has 0 aliphatic heterocycles. The molecule has 1 aliphatic carbocycles. The molecule has 64 valence electrons. The van der Waals surface area contributed by atoms with Gasteiger partial charge in [-0.1, -0.05) is 6.92 Å². The second kappa shape index (κ2) is 2.73. The summed E-state index contributed by atoms with van der Waals surface area (Å²) in [5, 5.41) is 0. The molecule has 1 heterocycles. The van der Waals surface area contributed by atoms with E-state index in [0.717, 1.165) is 24.1 Å². The van der Waals surface area contributed by atoms with Gasteiger partial charge in [-0.2, -0.15) is 0 Å². The number of aryl methyl sites for hydroxylation is 1. The van der Waals surface area contributed by atoms with Gasteiger partial charge in [0.1, 0.15) is 5.69 Å². The molecule has 0 atom stereocenters. The quantitative estimate of drug-likeness (QED) is 0.636. The van der Waals surface area contributed by atoms with Gasteiger partial charge in [-0.05, 0) is 19.3 Å². The van der Waals surface area contributed by atoms with Gasteiger partial charge in [-0.25, -0.2) is 4.98 Å². The van der Waals surface area contributed by atoms with Gasteiger partial charge in [0, 0.05) is 6.04 Å². The highest BCUT2D eigenvalue weighted by molar-refractivity contribution is 5.74. The monoisotopic (exact) mass is 164 g/mol. The molecule has 1 saturated carbocycles. The minimum Gasteiger partial charge on any atom is -0.325 e. The van der Waals surface area contributed by atoms with Crippen LogP contribution in [0, 0.1) is 0 Å². The maximum atomic E-state index is 10.7. The molecule has 0 amide bonds.